The molecule has 0 fully saturated rings. The van der Waals surface area contributed by atoms with E-state index >= 15 is 0 Å². The maximum Gasteiger partial charge on any atom is 0.338 e. The van der Waals surface area contributed by atoms with Gasteiger partial charge in [-0.15, -0.1) is 0 Å². The predicted octanol–water partition coefficient (Wildman–Crippen LogP) is 3.21. The molecule has 0 spiro atoms. The van der Waals surface area contributed by atoms with Gasteiger partial charge >= 0.3 is 5.97 Å². The Morgan fingerprint density at radius 3 is 2.31 bits per heavy atom. The number of carbonyl (C=O) groups is 2. The lowest BCUT2D eigenvalue weighted by Gasteiger charge is -2.12. The number of halogens is 2. The van der Waals surface area contributed by atoms with Crippen LogP contribution in [0.4, 0.5) is 5.69 Å². The molecule has 156 valence electrons. The van der Waals surface area contributed by atoms with Crippen LogP contribution in [-0.2, 0) is 19.4 Å². The number of anilines is 1. The van der Waals surface area contributed by atoms with Crippen LogP contribution >= 0.6 is 23.2 Å². The van der Waals surface area contributed by atoms with E-state index in [4.69, 9.17) is 37.4 Å². The molecule has 0 heterocycles. The fourth-order valence-corrected chi connectivity index (χ4v) is 3.37. The summed E-state index contributed by atoms with van der Waals surface area (Å²) in [6, 6.07) is 6.54. The predicted molar refractivity (Wildman–Crippen MR) is 108 cm³/mol. The van der Waals surface area contributed by atoms with Gasteiger partial charge in [-0.05, 0) is 30.3 Å². The van der Waals surface area contributed by atoms with Crippen molar-refractivity contribution in [3.63, 3.8) is 0 Å². The number of sulfone groups is 1. The molecule has 1 amide bonds. The van der Waals surface area contributed by atoms with Crippen LogP contribution in [0.2, 0.25) is 10.0 Å². The minimum atomic E-state index is -3.49. The second-order valence-electron chi connectivity index (χ2n) is 5.73. The van der Waals surface area contributed by atoms with Crippen LogP contribution in [0.1, 0.15) is 10.4 Å². The molecule has 0 aliphatic carbocycles. The molecule has 0 aliphatic heterocycles. The van der Waals surface area contributed by atoms with Crippen molar-refractivity contribution in [1.82, 2.24) is 0 Å². The smallest absolute Gasteiger partial charge is 0.338 e. The minimum absolute atomic E-state index is 0.0193. The van der Waals surface area contributed by atoms with Crippen LogP contribution in [0.5, 0.6) is 11.5 Å². The van der Waals surface area contributed by atoms with E-state index in [2.05, 4.69) is 5.32 Å². The van der Waals surface area contributed by atoms with Crippen LogP contribution in [-0.4, -0.2) is 47.4 Å². The Labute approximate surface area is 177 Å². The molecule has 0 aromatic heterocycles. The Kier molecular flexibility index (Phi) is 7.34. The van der Waals surface area contributed by atoms with Gasteiger partial charge in [0, 0.05) is 6.26 Å². The van der Waals surface area contributed by atoms with Crippen molar-refractivity contribution < 1.29 is 32.2 Å². The van der Waals surface area contributed by atoms with Crippen LogP contribution in [0.3, 0.4) is 0 Å². The highest BCUT2D eigenvalue weighted by atomic mass is 35.5. The normalized spacial score (nSPS) is 10.9. The Bertz CT molecular complexity index is 1050. The third-order valence-electron chi connectivity index (χ3n) is 3.64. The third kappa shape index (κ3) is 5.75. The molecule has 29 heavy (non-hydrogen) atoms. The van der Waals surface area contributed by atoms with Crippen molar-refractivity contribution in [2.45, 2.75) is 4.90 Å². The maximum absolute atomic E-state index is 12.2. The molecule has 1 N–H and O–H groups in total. The number of nitrogens with one attached hydrogen (secondary N) is 1. The monoisotopic (exact) mass is 461 g/mol. The van der Waals surface area contributed by atoms with Crippen LogP contribution < -0.4 is 14.8 Å². The lowest BCUT2D eigenvalue weighted by Crippen LogP contribution is -2.21. The van der Waals surface area contributed by atoms with Crippen molar-refractivity contribution in [2.75, 3.05) is 32.4 Å². The quantitative estimate of drug-likeness (QED) is 0.630. The highest BCUT2D eigenvalue weighted by molar-refractivity contribution is 7.90. The van der Waals surface area contributed by atoms with E-state index in [1.165, 1.54) is 44.6 Å². The second-order valence-corrected chi connectivity index (χ2v) is 8.56. The van der Waals surface area contributed by atoms with Gasteiger partial charge in [-0.2, -0.15) is 0 Å². The molecule has 2 rings (SSSR count). The summed E-state index contributed by atoms with van der Waals surface area (Å²) in [5.74, 6) is -1.05. The Balaban J connectivity index is 2.08. The number of ether oxygens (including phenoxy) is 3. The highest BCUT2D eigenvalue weighted by Gasteiger charge is 2.18. The zero-order valence-corrected chi connectivity index (χ0v) is 17.9. The number of benzene rings is 2. The minimum Gasteiger partial charge on any atom is -0.493 e. The SMILES string of the molecule is COc1cc(C(=O)OCC(=O)Nc2cc(S(C)(=O)=O)ccc2Cl)cc(Cl)c1OC. The molecule has 0 radical (unpaired) electrons. The van der Waals surface area contributed by atoms with E-state index in [1.807, 2.05) is 0 Å². The van der Waals surface area contributed by atoms with Crippen molar-refractivity contribution in [1.29, 1.82) is 0 Å². The second kappa shape index (κ2) is 9.34. The summed E-state index contributed by atoms with van der Waals surface area (Å²) in [6.07, 6.45) is 1.03. The number of hydrogen-bond acceptors (Lipinski definition) is 7. The first-order chi connectivity index (χ1) is 13.6. The van der Waals surface area contributed by atoms with E-state index in [1.54, 1.807) is 0 Å². The van der Waals surface area contributed by atoms with Gasteiger partial charge in [0.05, 0.1) is 40.4 Å². The zero-order chi connectivity index (χ0) is 21.8. The molecule has 0 unspecified atom stereocenters. The van der Waals surface area contributed by atoms with Crippen molar-refractivity contribution in [3.05, 3.63) is 45.9 Å². The summed E-state index contributed by atoms with van der Waals surface area (Å²) in [6.45, 7) is -0.635. The molecule has 0 aliphatic rings. The number of amides is 1. The van der Waals surface area contributed by atoms with Gasteiger partial charge in [0.25, 0.3) is 5.91 Å². The van der Waals surface area contributed by atoms with Gasteiger partial charge in [-0.1, -0.05) is 23.2 Å². The molecule has 2 aromatic rings. The van der Waals surface area contributed by atoms with E-state index in [9.17, 15) is 18.0 Å². The first-order valence-electron chi connectivity index (χ1n) is 7.95. The average molecular weight is 462 g/mol. The summed E-state index contributed by atoms with van der Waals surface area (Å²) in [5.41, 5.74) is 0.127. The average Bonchev–Trinajstić information content (AvgIpc) is 2.66. The van der Waals surface area contributed by atoms with E-state index in [0.717, 1.165) is 6.26 Å². The highest BCUT2D eigenvalue weighted by Crippen LogP contribution is 2.36. The van der Waals surface area contributed by atoms with Gasteiger partial charge in [0.2, 0.25) is 0 Å². The molecule has 8 nitrogen and oxygen atoms in total. The summed E-state index contributed by atoms with van der Waals surface area (Å²) in [4.78, 5) is 24.3. The van der Waals surface area contributed by atoms with Gasteiger partial charge in [0.15, 0.2) is 27.9 Å². The summed E-state index contributed by atoms with van der Waals surface area (Å²) < 4.78 is 38.4. The van der Waals surface area contributed by atoms with E-state index in [0.29, 0.717) is 0 Å². The number of rotatable bonds is 7. The molecule has 11 heteroatoms. The van der Waals surface area contributed by atoms with Gasteiger partial charge < -0.3 is 19.5 Å². The van der Waals surface area contributed by atoms with Crippen LogP contribution in [0.15, 0.2) is 35.2 Å². The fraction of sp³-hybridized carbons (Fsp3) is 0.222. The zero-order valence-electron chi connectivity index (χ0n) is 15.6. The van der Waals surface area contributed by atoms with Crippen LogP contribution in [0.25, 0.3) is 0 Å². The molecular weight excluding hydrogens is 445 g/mol. The van der Waals surface area contributed by atoms with Gasteiger partial charge in [0.1, 0.15) is 0 Å². The summed E-state index contributed by atoms with van der Waals surface area (Å²) >= 11 is 12.0. The number of hydrogen-bond donors (Lipinski definition) is 1. The number of methoxy groups -OCH3 is 2. The van der Waals surface area contributed by atoms with Crippen molar-refractivity contribution in [3.8, 4) is 11.5 Å². The molecule has 0 saturated carbocycles. The number of carbonyl (C=O) groups excluding carboxylic acids is 2. The third-order valence-corrected chi connectivity index (χ3v) is 5.36. The lowest BCUT2D eigenvalue weighted by molar-refractivity contribution is -0.119. The van der Waals surface area contributed by atoms with Gasteiger partial charge in [-0.3, -0.25) is 4.79 Å². The van der Waals surface area contributed by atoms with Crippen molar-refractivity contribution in [2.24, 2.45) is 0 Å². The molecule has 0 atom stereocenters. The molecule has 0 saturated heterocycles. The Morgan fingerprint density at radius 1 is 1.03 bits per heavy atom. The van der Waals surface area contributed by atoms with Crippen LogP contribution in [0, 0.1) is 0 Å². The Morgan fingerprint density at radius 2 is 1.72 bits per heavy atom. The topological polar surface area (TPSA) is 108 Å². The number of esters is 1. The van der Waals surface area contributed by atoms with E-state index in [-0.39, 0.29) is 37.7 Å². The Hall–Kier alpha value is -2.49. The standard InChI is InChI=1S/C18H17Cl2NO7S/c1-26-15-7-10(6-13(20)17(15)27-2)18(23)28-9-16(22)21-14-8-11(29(3,24)25)4-5-12(14)19/h4-8H,9H2,1-3H3,(H,21,22). The molecular formula is C18H17Cl2NO7S. The lowest BCUT2D eigenvalue weighted by atomic mass is 10.2. The molecule has 2 aromatic carbocycles. The van der Waals surface area contributed by atoms with Crippen molar-refractivity contribution >= 4 is 50.6 Å². The van der Waals surface area contributed by atoms with Gasteiger partial charge in [-0.25, -0.2) is 13.2 Å². The molecule has 0 bridgehead atoms. The largest absolute Gasteiger partial charge is 0.493 e. The first kappa shape index (κ1) is 22.8. The summed E-state index contributed by atoms with van der Waals surface area (Å²) in [7, 11) is -0.707. The fourth-order valence-electron chi connectivity index (χ4n) is 2.27. The summed E-state index contributed by atoms with van der Waals surface area (Å²) in [5, 5.41) is 2.66. The first-order valence-corrected chi connectivity index (χ1v) is 10.6. The maximum atomic E-state index is 12.2. The van der Waals surface area contributed by atoms with E-state index < -0.39 is 28.3 Å².